The third-order valence-electron chi connectivity index (χ3n) is 2.78. The number of rotatable bonds is 3. The second kappa shape index (κ2) is 5.40. The Balaban J connectivity index is 2.46. The van der Waals surface area contributed by atoms with Gasteiger partial charge < -0.3 is 4.18 Å². The van der Waals surface area contributed by atoms with Crippen molar-refractivity contribution in [2.75, 3.05) is 6.26 Å². The number of halogens is 3. The molecule has 0 amide bonds. The number of aromatic nitrogens is 2. The monoisotopic (exact) mass is 328 g/mol. The lowest BCUT2D eigenvalue weighted by atomic mass is 9.97. The van der Waals surface area contributed by atoms with Gasteiger partial charge in [-0.3, -0.25) is 0 Å². The van der Waals surface area contributed by atoms with Crippen LogP contribution in [-0.4, -0.2) is 30.1 Å². The number of hydrogen-bond acceptors (Lipinski definition) is 6. The van der Waals surface area contributed by atoms with Gasteiger partial charge >= 0.3 is 15.6 Å². The molecule has 1 aliphatic carbocycles. The van der Waals surface area contributed by atoms with Crippen molar-refractivity contribution in [3.05, 3.63) is 11.3 Å². The number of hydrogen-bond donors (Lipinski definition) is 0. The number of aryl methyl sites for hydroxylation is 1. The second-order valence-electron chi connectivity index (χ2n) is 4.13. The Kier molecular flexibility index (Phi) is 4.14. The minimum absolute atomic E-state index is 0.193. The van der Waals surface area contributed by atoms with Crippen molar-refractivity contribution >= 4 is 21.9 Å². The molecule has 0 fully saturated rings. The molecule has 0 atom stereocenters. The molecule has 20 heavy (non-hydrogen) atoms. The van der Waals surface area contributed by atoms with E-state index in [4.69, 9.17) is 0 Å². The van der Waals surface area contributed by atoms with Crippen LogP contribution in [0, 0.1) is 0 Å². The summed E-state index contributed by atoms with van der Waals surface area (Å²) in [4.78, 5) is 7.93. The molecule has 112 valence electrons. The molecule has 1 aliphatic rings. The summed E-state index contributed by atoms with van der Waals surface area (Å²) < 4.78 is 63.5. The highest BCUT2D eigenvalue weighted by Crippen LogP contribution is 2.33. The molecule has 0 unspecified atom stereocenters. The van der Waals surface area contributed by atoms with E-state index in [1.165, 1.54) is 0 Å². The predicted molar refractivity (Wildman–Crippen MR) is 66.1 cm³/mol. The minimum Gasteiger partial charge on any atom is -0.355 e. The molecule has 10 heteroatoms. The summed E-state index contributed by atoms with van der Waals surface area (Å²) in [5, 5.41) is 0.193. The standard InChI is InChI=1S/C10H11F3N2O3S2/c1-19-9-14-7-5-3-2-4-6(7)8(15-9)18-20(16,17)10(11,12)13/h2-5H2,1H3. The minimum atomic E-state index is -5.71. The summed E-state index contributed by atoms with van der Waals surface area (Å²) >= 11 is 1.11. The Morgan fingerprint density at radius 1 is 1.20 bits per heavy atom. The van der Waals surface area contributed by atoms with Gasteiger partial charge in [0.2, 0.25) is 5.88 Å². The fraction of sp³-hybridized carbons (Fsp3) is 0.600. The van der Waals surface area contributed by atoms with Crippen LogP contribution in [0.3, 0.4) is 0 Å². The maximum absolute atomic E-state index is 12.4. The van der Waals surface area contributed by atoms with Crippen LogP contribution in [0.5, 0.6) is 5.88 Å². The third-order valence-corrected chi connectivity index (χ3v) is 4.27. The zero-order valence-corrected chi connectivity index (χ0v) is 12.0. The maximum Gasteiger partial charge on any atom is 0.534 e. The first kappa shape index (κ1) is 15.4. The van der Waals surface area contributed by atoms with Gasteiger partial charge in [0.15, 0.2) is 5.16 Å². The van der Waals surface area contributed by atoms with Crippen LogP contribution in [0.4, 0.5) is 13.2 Å². The average molecular weight is 328 g/mol. The van der Waals surface area contributed by atoms with Crippen molar-refractivity contribution in [1.82, 2.24) is 9.97 Å². The van der Waals surface area contributed by atoms with Gasteiger partial charge in [0, 0.05) is 5.56 Å². The molecule has 1 heterocycles. The number of fused-ring (bicyclic) bond motifs is 1. The van der Waals surface area contributed by atoms with E-state index in [9.17, 15) is 21.6 Å². The van der Waals surface area contributed by atoms with Crippen molar-refractivity contribution in [3.8, 4) is 5.88 Å². The molecule has 0 spiro atoms. The van der Waals surface area contributed by atoms with Crippen LogP contribution in [0.25, 0.3) is 0 Å². The van der Waals surface area contributed by atoms with E-state index in [1.807, 2.05) is 0 Å². The van der Waals surface area contributed by atoms with Crippen molar-refractivity contribution in [2.45, 2.75) is 36.3 Å². The van der Waals surface area contributed by atoms with Gasteiger partial charge in [-0.1, -0.05) is 11.8 Å². The molecule has 2 rings (SSSR count). The van der Waals surface area contributed by atoms with Crippen molar-refractivity contribution in [2.24, 2.45) is 0 Å². The van der Waals surface area contributed by atoms with E-state index in [0.717, 1.165) is 24.6 Å². The van der Waals surface area contributed by atoms with E-state index in [-0.39, 0.29) is 5.16 Å². The first-order valence-electron chi connectivity index (χ1n) is 5.69. The lowest BCUT2D eigenvalue weighted by Crippen LogP contribution is -2.29. The van der Waals surface area contributed by atoms with Gasteiger partial charge in [-0.05, 0) is 31.9 Å². The molecule has 0 radical (unpaired) electrons. The molecule has 1 aromatic heterocycles. The maximum atomic E-state index is 12.4. The molecule has 0 saturated carbocycles. The molecule has 0 N–H and O–H groups in total. The van der Waals surface area contributed by atoms with Crippen LogP contribution in [0.1, 0.15) is 24.1 Å². The van der Waals surface area contributed by atoms with Crippen LogP contribution >= 0.6 is 11.8 Å². The van der Waals surface area contributed by atoms with E-state index < -0.39 is 21.5 Å². The van der Waals surface area contributed by atoms with Crippen molar-refractivity contribution < 1.29 is 25.8 Å². The molecule has 0 bridgehead atoms. The quantitative estimate of drug-likeness (QED) is 0.367. The van der Waals surface area contributed by atoms with Crippen LogP contribution < -0.4 is 4.18 Å². The zero-order valence-electron chi connectivity index (χ0n) is 10.4. The van der Waals surface area contributed by atoms with Gasteiger partial charge in [0.05, 0.1) is 5.69 Å². The topological polar surface area (TPSA) is 69.2 Å². The van der Waals surface area contributed by atoms with Crippen LogP contribution in [-0.2, 0) is 23.0 Å². The highest BCUT2D eigenvalue weighted by Gasteiger charge is 2.49. The molecule has 0 aromatic carbocycles. The molecule has 0 saturated heterocycles. The van der Waals surface area contributed by atoms with E-state index in [0.29, 0.717) is 24.1 Å². The lowest BCUT2D eigenvalue weighted by Gasteiger charge is -2.18. The summed E-state index contributed by atoms with van der Waals surface area (Å²) in [6.45, 7) is 0. The number of alkyl halides is 3. The first-order chi connectivity index (χ1) is 9.24. The zero-order chi connectivity index (χ0) is 15.0. The van der Waals surface area contributed by atoms with Crippen LogP contribution in [0.15, 0.2) is 5.16 Å². The molecular formula is C10H11F3N2O3S2. The smallest absolute Gasteiger partial charge is 0.355 e. The van der Waals surface area contributed by atoms with Gasteiger partial charge in [-0.25, -0.2) is 4.98 Å². The van der Waals surface area contributed by atoms with E-state index in [2.05, 4.69) is 14.2 Å². The SMILES string of the molecule is CSc1nc2c(c(OS(=O)(=O)C(F)(F)F)n1)CCCC2. The van der Waals surface area contributed by atoms with E-state index >= 15 is 0 Å². The van der Waals surface area contributed by atoms with E-state index in [1.54, 1.807) is 6.26 Å². The van der Waals surface area contributed by atoms with Crippen LogP contribution in [0.2, 0.25) is 0 Å². The predicted octanol–water partition coefficient (Wildman–Crippen LogP) is 2.31. The Hall–Kier alpha value is -1.03. The van der Waals surface area contributed by atoms with Gasteiger partial charge in [-0.15, -0.1) is 0 Å². The molecular weight excluding hydrogens is 317 g/mol. The Labute approximate surface area is 118 Å². The summed E-state index contributed by atoms with van der Waals surface area (Å²) in [7, 11) is -5.71. The summed E-state index contributed by atoms with van der Waals surface area (Å²) in [5.41, 5.74) is -4.57. The number of nitrogens with zero attached hydrogens (tertiary/aromatic N) is 2. The average Bonchev–Trinajstić information content (AvgIpc) is 2.36. The summed E-state index contributed by atoms with van der Waals surface area (Å²) in [5.74, 6) is -0.503. The van der Waals surface area contributed by atoms with Gasteiger partial charge in [-0.2, -0.15) is 26.6 Å². The highest BCUT2D eigenvalue weighted by molar-refractivity contribution is 7.98. The highest BCUT2D eigenvalue weighted by atomic mass is 32.2. The normalized spacial score (nSPS) is 15.8. The van der Waals surface area contributed by atoms with Crippen molar-refractivity contribution in [3.63, 3.8) is 0 Å². The molecule has 1 aromatic rings. The number of thioether (sulfide) groups is 1. The lowest BCUT2D eigenvalue weighted by molar-refractivity contribution is -0.0501. The fourth-order valence-electron chi connectivity index (χ4n) is 1.85. The van der Waals surface area contributed by atoms with Crippen molar-refractivity contribution in [1.29, 1.82) is 0 Å². The summed E-state index contributed by atoms with van der Waals surface area (Å²) in [6.07, 6.45) is 4.22. The molecule has 0 aliphatic heterocycles. The Bertz CT molecular complexity index is 617. The Morgan fingerprint density at radius 3 is 2.45 bits per heavy atom. The largest absolute Gasteiger partial charge is 0.534 e. The molecule has 5 nitrogen and oxygen atoms in total. The fourth-order valence-corrected chi connectivity index (χ4v) is 2.67. The first-order valence-corrected chi connectivity index (χ1v) is 8.32. The van der Waals surface area contributed by atoms with Gasteiger partial charge in [0.25, 0.3) is 0 Å². The second-order valence-corrected chi connectivity index (χ2v) is 6.44. The summed E-state index contributed by atoms with van der Waals surface area (Å²) in [6, 6.07) is 0. The third kappa shape index (κ3) is 3.00. The Morgan fingerprint density at radius 2 is 1.85 bits per heavy atom. The van der Waals surface area contributed by atoms with Gasteiger partial charge in [0.1, 0.15) is 0 Å².